The van der Waals surface area contributed by atoms with Crippen LogP contribution >= 0.6 is 0 Å². The fraction of sp³-hybridized carbons (Fsp3) is 0. The standard InChI is InChI=1S/C12H8N2O/c15-11-6-5-10-9-4-2-1-3-8(9)7-13-12(10)14-11/h1-7H,(H,13,14,15). The fourth-order valence-corrected chi connectivity index (χ4v) is 1.77. The van der Waals surface area contributed by atoms with E-state index >= 15 is 0 Å². The smallest absolute Gasteiger partial charge is 0.249 e. The third-order valence-electron chi connectivity index (χ3n) is 2.48. The number of benzene rings is 1. The zero-order valence-electron chi connectivity index (χ0n) is 7.90. The lowest BCUT2D eigenvalue weighted by molar-refractivity contribution is 1.24. The van der Waals surface area contributed by atoms with Crippen molar-refractivity contribution in [2.24, 2.45) is 0 Å². The highest BCUT2D eigenvalue weighted by Gasteiger charge is 2.00. The second-order valence-electron chi connectivity index (χ2n) is 3.43. The van der Waals surface area contributed by atoms with Crippen LogP contribution in [0.15, 0.2) is 47.4 Å². The summed E-state index contributed by atoms with van der Waals surface area (Å²) < 4.78 is 0. The Morgan fingerprint density at radius 1 is 1.00 bits per heavy atom. The van der Waals surface area contributed by atoms with E-state index in [2.05, 4.69) is 9.97 Å². The van der Waals surface area contributed by atoms with Gasteiger partial charge in [-0.3, -0.25) is 4.79 Å². The molecule has 0 aliphatic rings. The van der Waals surface area contributed by atoms with Gasteiger partial charge in [0.05, 0.1) is 0 Å². The van der Waals surface area contributed by atoms with Gasteiger partial charge in [-0.05, 0) is 11.5 Å². The number of aromatic amines is 1. The number of rotatable bonds is 0. The maximum Gasteiger partial charge on any atom is 0.249 e. The summed E-state index contributed by atoms with van der Waals surface area (Å²) in [5.74, 6) is 0. The Balaban J connectivity index is 2.60. The van der Waals surface area contributed by atoms with Gasteiger partial charge in [-0.1, -0.05) is 24.3 Å². The van der Waals surface area contributed by atoms with Crippen LogP contribution in [-0.4, -0.2) is 9.97 Å². The number of nitrogens with one attached hydrogen (secondary N) is 1. The molecule has 0 aliphatic heterocycles. The monoisotopic (exact) mass is 196 g/mol. The van der Waals surface area contributed by atoms with Crippen LogP contribution in [0, 0.1) is 0 Å². The van der Waals surface area contributed by atoms with Crippen molar-refractivity contribution in [1.29, 1.82) is 0 Å². The summed E-state index contributed by atoms with van der Waals surface area (Å²) in [7, 11) is 0. The highest BCUT2D eigenvalue weighted by Crippen LogP contribution is 2.20. The van der Waals surface area contributed by atoms with Crippen molar-refractivity contribution in [2.75, 3.05) is 0 Å². The number of hydrogen-bond acceptors (Lipinski definition) is 2. The van der Waals surface area contributed by atoms with Crippen LogP contribution in [-0.2, 0) is 0 Å². The number of fused-ring (bicyclic) bond motifs is 3. The van der Waals surface area contributed by atoms with Gasteiger partial charge in [-0.2, -0.15) is 0 Å². The van der Waals surface area contributed by atoms with Crippen molar-refractivity contribution in [3.8, 4) is 0 Å². The van der Waals surface area contributed by atoms with E-state index in [1.807, 2.05) is 30.3 Å². The molecule has 0 amide bonds. The summed E-state index contributed by atoms with van der Waals surface area (Å²) >= 11 is 0. The molecule has 2 heterocycles. The normalized spacial score (nSPS) is 10.9. The number of hydrogen-bond donors (Lipinski definition) is 1. The Morgan fingerprint density at radius 3 is 2.80 bits per heavy atom. The second-order valence-corrected chi connectivity index (χ2v) is 3.43. The molecule has 72 valence electrons. The van der Waals surface area contributed by atoms with E-state index in [4.69, 9.17) is 0 Å². The molecule has 0 saturated carbocycles. The van der Waals surface area contributed by atoms with Crippen molar-refractivity contribution in [2.45, 2.75) is 0 Å². The number of aromatic nitrogens is 2. The van der Waals surface area contributed by atoms with E-state index in [9.17, 15) is 4.79 Å². The Hall–Kier alpha value is -2.16. The number of pyridine rings is 2. The van der Waals surface area contributed by atoms with Crippen LogP contribution < -0.4 is 5.56 Å². The quantitative estimate of drug-likeness (QED) is 0.559. The van der Waals surface area contributed by atoms with Gasteiger partial charge in [0.25, 0.3) is 0 Å². The predicted molar refractivity (Wildman–Crippen MR) is 59.9 cm³/mol. The molecule has 3 nitrogen and oxygen atoms in total. The minimum atomic E-state index is -0.120. The largest absolute Gasteiger partial charge is 0.307 e. The molecular formula is C12H8N2O. The van der Waals surface area contributed by atoms with Crippen molar-refractivity contribution in [3.05, 3.63) is 52.9 Å². The topological polar surface area (TPSA) is 45.8 Å². The third-order valence-corrected chi connectivity index (χ3v) is 2.48. The van der Waals surface area contributed by atoms with Gasteiger partial charge in [-0.15, -0.1) is 0 Å². The number of nitrogens with zero attached hydrogens (tertiary/aromatic N) is 1. The first-order valence-electron chi connectivity index (χ1n) is 4.71. The van der Waals surface area contributed by atoms with Gasteiger partial charge in [0.1, 0.15) is 5.65 Å². The summed E-state index contributed by atoms with van der Waals surface area (Å²) in [6.45, 7) is 0. The van der Waals surface area contributed by atoms with Crippen molar-refractivity contribution in [3.63, 3.8) is 0 Å². The summed E-state index contributed by atoms with van der Waals surface area (Å²) in [6.07, 6.45) is 1.77. The van der Waals surface area contributed by atoms with Gasteiger partial charge in [0.15, 0.2) is 0 Å². The van der Waals surface area contributed by atoms with Crippen LogP contribution in [0.1, 0.15) is 0 Å². The number of H-pyrrole nitrogens is 1. The Kier molecular flexibility index (Phi) is 1.59. The molecular weight excluding hydrogens is 188 g/mol. The van der Waals surface area contributed by atoms with Crippen molar-refractivity contribution in [1.82, 2.24) is 9.97 Å². The predicted octanol–water partition coefficient (Wildman–Crippen LogP) is 2.08. The minimum Gasteiger partial charge on any atom is -0.307 e. The lowest BCUT2D eigenvalue weighted by Gasteiger charge is -2.01. The van der Waals surface area contributed by atoms with Gasteiger partial charge in [-0.25, -0.2) is 4.98 Å². The molecule has 0 radical (unpaired) electrons. The fourth-order valence-electron chi connectivity index (χ4n) is 1.77. The van der Waals surface area contributed by atoms with E-state index < -0.39 is 0 Å². The summed E-state index contributed by atoms with van der Waals surface area (Å²) in [4.78, 5) is 18.1. The van der Waals surface area contributed by atoms with Crippen LogP contribution in [0.25, 0.3) is 21.8 Å². The van der Waals surface area contributed by atoms with E-state index in [-0.39, 0.29) is 5.56 Å². The highest BCUT2D eigenvalue weighted by molar-refractivity contribution is 6.03. The first-order chi connectivity index (χ1) is 7.34. The first-order valence-corrected chi connectivity index (χ1v) is 4.71. The molecule has 0 saturated heterocycles. The van der Waals surface area contributed by atoms with Crippen LogP contribution in [0.4, 0.5) is 0 Å². The lowest BCUT2D eigenvalue weighted by atomic mass is 10.1. The van der Waals surface area contributed by atoms with Crippen molar-refractivity contribution < 1.29 is 0 Å². The molecule has 0 fully saturated rings. The average molecular weight is 196 g/mol. The maximum atomic E-state index is 11.1. The van der Waals surface area contributed by atoms with Crippen LogP contribution in [0.3, 0.4) is 0 Å². The molecule has 3 aromatic rings. The van der Waals surface area contributed by atoms with E-state index in [1.54, 1.807) is 6.20 Å². The summed E-state index contributed by atoms with van der Waals surface area (Å²) in [6, 6.07) is 11.3. The van der Waals surface area contributed by atoms with E-state index in [0.29, 0.717) is 5.65 Å². The third kappa shape index (κ3) is 1.21. The zero-order valence-corrected chi connectivity index (χ0v) is 7.90. The van der Waals surface area contributed by atoms with E-state index in [1.165, 1.54) is 6.07 Å². The van der Waals surface area contributed by atoms with Crippen molar-refractivity contribution >= 4 is 21.8 Å². The molecule has 0 unspecified atom stereocenters. The van der Waals surface area contributed by atoms with Crippen LogP contribution in [0.2, 0.25) is 0 Å². The molecule has 3 rings (SSSR count). The molecule has 1 N–H and O–H groups in total. The van der Waals surface area contributed by atoms with Gasteiger partial charge < -0.3 is 4.98 Å². The van der Waals surface area contributed by atoms with Crippen LogP contribution in [0.5, 0.6) is 0 Å². The Labute approximate surface area is 85.4 Å². The minimum absolute atomic E-state index is 0.120. The molecule has 0 atom stereocenters. The second kappa shape index (κ2) is 2.92. The van der Waals surface area contributed by atoms with Gasteiger partial charge >= 0.3 is 0 Å². The average Bonchev–Trinajstić information content (AvgIpc) is 2.28. The Bertz CT molecular complexity index is 700. The van der Waals surface area contributed by atoms with Gasteiger partial charge in [0.2, 0.25) is 5.56 Å². The lowest BCUT2D eigenvalue weighted by Crippen LogP contribution is -2.03. The molecule has 3 heteroatoms. The summed E-state index contributed by atoms with van der Waals surface area (Å²) in [5.41, 5.74) is 0.520. The highest BCUT2D eigenvalue weighted by atomic mass is 16.1. The SMILES string of the molecule is O=c1ccc2c(ncc3ccccc32)[nH]1. The summed E-state index contributed by atoms with van der Waals surface area (Å²) in [5, 5.41) is 3.17. The maximum absolute atomic E-state index is 11.1. The molecule has 0 spiro atoms. The molecule has 0 bridgehead atoms. The molecule has 0 aliphatic carbocycles. The first kappa shape index (κ1) is 8.17. The molecule has 1 aromatic carbocycles. The Morgan fingerprint density at radius 2 is 1.87 bits per heavy atom. The van der Waals surface area contributed by atoms with E-state index in [0.717, 1.165) is 16.2 Å². The molecule has 2 aromatic heterocycles. The molecule has 15 heavy (non-hydrogen) atoms. The zero-order chi connectivity index (χ0) is 10.3. The van der Waals surface area contributed by atoms with Gasteiger partial charge in [0, 0.05) is 23.0 Å².